The molecule has 11 heavy (non-hydrogen) atoms. The highest BCUT2D eigenvalue weighted by atomic mass is 32.2. The summed E-state index contributed by atoms with van der Waals surface area (Å²) in [5, 5.41) is 0. The molecule has 0 aromatic carbocycles. The molecule has 2 heteroatoms. The van der Waals surface area contributed by atoms with E-state index >= 15 is 0 Å². The van der Waals surface area contributed by atoms with Crippen molar-refractivity contribution in [3.63, 3.8) is 0 Å². The predicted molar refractivity (Wildman–Crippen MR) is 52.9 cm³/mol. The second-order valence-corrected chi connectivity index (χ2v) is 4.84. The Bertz CT molecular complexity index is 97.7. The smallest absolute Gasteiger partial charge is 0.00105 e. The van der Waals surface area contributed by atoms with E-state index < -0.39 is 0 Å². The van der Waals surface area contributed by atoms with Gasteiger partial charge in [0, 0.05) is 6.04 Å². The SMILES string of the molecule is CC(N)CCC1CCSCC1. The average molecular weight is 173 g/mol. The molecule has 66 valence electrons. The first-order valence-electron chi connectivity index (χ1n) is 4.62. The van der Waals surface area contributed by atoms with Crippen LogP contribution < -0.4 is 5.73 Å². The molecule has 1 aliphatic rings. The lowest BCUT2D eigenvalue weighted by Gasteiger charge is -2.21. The monoisotopic (exact) mass is 173 g/mol. The lowest BCUT2D eigenvalue weighted by molar-refractivity contribution is 0.421. The number of rotatable bonds is 3. The van der Waals surface area contributed by atoms with Crippen molar-refractivity contribution in [2.75, 3.05) is 11.5 Å². The van der Waals surface area contributed by atoms with Crippen LogP contribution in [0.1, 0.15) is 32.6 Å². The Morgan fingerprint density at radius 1 is 1.45 bits per heavy atom. The van der Waals surface area contributed by atoms with Crippen LogP contribution in [0.3, 0.4) is 0 Å². The van der Waals surface area contributed by atoms with E-state index in [4.69, 9.17) is 5.73 Å². The van der Waals surface area contributed by atoms with Crippen molar-refractivity contribution in [2.45, 2.75) is 38.6 Å². The molecule has 2 N–H and O–H groups in total. The van der Waals surface area contributed by atoms with E-state index in [1.54, 1.807) is 0 Å². The summed E-state index contributed by atoms with van der Waals surface area (Å²) in [6, 6.07) is 0.407. The predicted octanol–water partition coefficient (Wildman–Crippen LogP) is 2.26. The van der Waals surface area contributed by atoms with Gasteiger partial charge in [0.25, 0.3) is 0 Å². The molecule has 1 heterocycles. The molecule has 1 unspecified atom stereocenters. The molecule has 0 radical (unpaired) electrons. The van der Waals surface area contributed by atoms with E-state index in [0.29, 0.717) is 6.04 Å². The first-order chi connectivity index (χ1) is 5.29. The van der Waals surface area contributed by atoms with E-state index in [0.717, 1.165) is 5.92 Å². The molecule has 1 fully saturated rings. The lowest BCUT2D eigenvalue weighted by atomic mass is 9.95. The van der Waals surface area contributed by atoms with Crippen LogP contribution >= 0.6 is 11.8 Å². The Morgan fingerprint density at radius 2 is 2.09 bits per heavy atom. The Hall–Kier alpha value is 0.310. The summed E-state index contributed by atoms with van der Waals surface area (Å²) >= 11 is 2.10. The third-order valence-corrected chi connectivity index (χ3v) is 3.42. The Morgan fingerprint density at radius 3 is 2.64 bits per heavy atom. The summed E-state index contributed by atoms with van der Waals surface area (Å²) in [5.74, 6) is 3.75. The minimum Gasteiger partial charge on any atom is -0.328 e. The number of thioether (sulfide) groups is 1. The Balaban J connectivity index is 2.05. The minimum absolute atomic E-state index is 0.407. The summed E-state index contributed by atoms with van der Waals surface area (Å²) < 4.78 is 0. The highest BCUT2D eigenvalue weighted by Gasteiger charge is 2.13. The molecule has 1 nitrogen and oxygen atoms in total. The van der Waals surface area contributed by atoms with E-state index in [-0.39, 0.29) is 0 Å². The first kappa shape index (κ1) is 9.40. The van der Waals surface area contributed by atoms with Crippen molar-refractivity contribution in [1.82, 2.24) is 0 Å². The van der Waals surface area contributed by atoms with Crippen LogP contribution in [0.25, 0.3) is 0 Å². The third kappa shape index (κ3) is 4.02. The molecular formula is C9H19NS. The molecule has 0 saturated carbocycles. The van der Waals surface area contributed by atoms with Gasteiger partial charge in [-0.25, -0.2) is 0 Å². The molecule has 1 atom stereocenters. The number of nitrogens with two attached hydrogens (primary N) is 1. The Kier molecular flexibility index (Phi) is 4.31. The molecule has 1 aliphatic heterocycles. The molecule has 0 spiro atoms. The maximum Gasteiger partial charge on any atom is 0.00105 e. The molecule has 1 saturated heterocycles. The lowest BCUT2D eigenvalue weighted by Crippen LogP contribution is -2.18. The van der Waals surface area contributed by atoms with E-state index in [1.807, 2.05) is 0 Å². The van der Waals surface area contributed by atoms with E-state index in [2.05, 4.69) is 18.7 Å². The highest BCUT2D eigenvalue weighted by Crippen LogP contribution is 2.26. The molecule has 0 amide bonds. The van der Waals surface area contributed by atoms with E-state index in [1.165, 1.54) is 37.2 Å². The number of hydrogen-bond donors (Lipinski definition) is 1. The van der Waals surface area contributed by atoms with Crippen molar-refractivity contribution in [1.29, 1.82) is 0 Å². The zero-order chi connectivity index (χ0) is 8.10. The van der Waals surface area contributed by atoms with Gasteiger partial charge >= 0.3 is 0 Å². The van der Waals surface area contributed by atoms with Gasteiger partial charge in [-0.15, -0.1) is 0 Å². The van der Waals surface area contributed by atoms with Gasteiger partial charge < -0.3 is 5.73 Å². The van der Waals surface area contributed by atoms with Crippen LogP contribution in [0.2, 0.25) is 0 Å². The topological polar surface area (TPSA) is 26.0 Å². The van der Waals surface area contributed by atoms with Crippen LogP contribution in [0, 0.1) is 5.92 Å². The fourth-order valence-electron chi connectivity index (χ4n) is 1.53. The fourth-order valence-corrected chi connectivity index (χ4v) is 2.74. The zero-order valence-corrected chi connectivity index (χ0v) is 8.20. The van der Waals surface area contributed by atoms with Crippen molar-refractivity contribution in [3.8, 4) is 0 Å². The Labute approximate surface area is 74.1 Å². The zero-order valence-electron chi connectivity index (χ0n) is 7.38. The van der Waals surface area contributed by atoms with Gasteiger partial charge in [0.05, 0.1) is 0 Å². The molecule has 0 aromatic heterocycles. The van der Waals surface area contributed by atoms with Crippen LogP contribution in [-0.2, 0) is 0 Å². The van der Waals surface area contributed by atoms with Crippen molar-refractivity contribution in [3.05, 3.63) is 0 Å². The summed E-state index contributed by atoms with van der Waals surface area (Å²) in [5.41, 5.74) is 5.70. The molecule has 1 rings (SSSR count). The van der Waals surface area contributed by atoms with Crippen molar-refractivity contribution >= 4 is 11.8 Å². The van der Waals surface area contributed by atoms with Gasteiger partial charge in [-0.3, -0.25) is 0 Å². The standard InChI is InChI=1S/C9H19NS/c1-8(10)2-3-9-4-6-11-7-5-9/h8-9H,2-7,10H2,1H3. The summed E-state index contributed by atoms with van der Waals surface area (Å²) in [7, 11) is 0. The van der Waals surface area contributed by atoms with Crippen LogP contribution in [0.5, 0.6) is 0 Å². The van der Waals surface area contributed by atoms with Gasteiger partial charge in [0.1, 0.15) is 0 Å². The number of hydrogen-bond acceptors (Lipinski definition) is 2. The van der Waals surface area contributed by atoms with Gasteiger partial charge in [0.2, 0.25) is 0 Å². The van der Waals surface area contributed by atoms with Crippen LogP contribution in [0.15, 0.2) is 0 Å². The maximum absolute atomic E-state index is 5.70. The van der Waals surface area contributed by atoms with Gasteiger partial charge in [-0.05, 0) is 50.0 Å². The molecule has 0 bridgehead atoms. The average Bonchev–Trinajstić information content (AvgIpc) is 2.03. The van der Waals surface area contributed by atoms with Gasteiger partial charge in [-0.2, -0.15) is 11.8 Å². The second kappa shape index (κ2) is 5.04. The van der Waals surface area contributed by atoms with Crippen molar-refractivity contribution in [2.24, 2.45) is 11.7 Å². The summed E-state index contributed by atoms with van der Waals surface area (Å²) in [6.07, 6.45) is 5.43. The quantitative estimate of drug-likeness (QED) is 0.708. The van der Waals surface area contributed by atoms with Crippen LogP contribution in [0.4, 0.5) is 0 Å². The van der Waals surface area contributed by atoms with Crippen molar-refractivity contribution < 1.29 is 0 Å². The normalized spacial score (nSPS) is 23.5. The van der Waals surface area contributed by atoms with Gasteiger partial charge in [-0.1, -0.05) is 0 Å². The second-order valence-electron chi connectivity index (χ2n) is 3.61. The highest BCUT2D eigenvalue weighted by molar-refractivity contribution is 7.99. The summed E-state index contributed by atoms with van der Waals surface area (Å²) in [4.78, 5) is 0. The summed E-state index contributed by atoms with van der Waals surface area (Å²) in [6.45, 7) is 2.11. The largest absolute Gasteiger partial charge is 0.328 e. The molecule has 0 aliphatic carbocycles. The molecular weight excluding hydrogens is 154 g/mol. The first-order valence-corrected chi connectivity index (χ1v) is 5.78. The van der Waals surface area contributed by atoms with Crippen LogP contribution in [-0.4, -0.2) is 17.5 Å². The fraction of sp³-hybridized carbons (Fsp3) is 1.00. The van der Waals surface area contributed by atoms with Gasteiger partial charge in [0.15, 0.2) is 0 Å². The van der Waals surface area contributed by atoms with E-state index in [9.17, 15) is 0 Å². The molecule has 0 aromatic rings. The maximum atomic E-state index is 5.70. The third-order valence-electron chi connectivity index (χ3n) is 2.37. The minimum atomic E-state index is 0.407.